The third kappa shape index (κ3) is 5.00. The maximum atomic E-state index is 13.1. The van der Waals surface area contributed by atoms with Gasteiger partial charge in [0.05, 0.1) is 17.3 Å². The number of amides is 1. The van der Waals surface area contributed by atoms with E-state index in [1.165, 1.54) is 0 Å². The lowest BCUT2D eigenvalue weighted by Gasteiger charge is -2.34. The minimum atomic E-state index is -0.907. The summed E-state index contributed by atoms with van der Waals surface area (Å²) in [6.45, 7) is 1.68. The molecule has 3 atom stereocenters. The summed E-state index contributed by atoms with van der Waals surface area (Å²) in [5.41, 5.74) is -0.658. The summed E-state index contributed by atoms with van der Waals surface area (Å²) in [5.74, 6) is 2.71. The molecule has 0 bridgehead atoms. The largest absolute Gasteiger partial charge is 0.481 e. The first-order valence-electron chi connectivity index (χ1n) is 9.54. The van der Waals surface area contributed by atoms with Crippen LogP contribution < -0.4 is 5.32 Å². The summed E-state index contributed by atoms with van der Waals surface area (Å²) in [5, 5.41) is 21.8. The van der Waals surface area contributed by atoms with Gasteiger partial charge >= 0.3 is 11.9 Å². The fourth-order valence-corrected chi connectivity index (χ4v) is 4.40. The second-order valence-corrected chi connectivity index (χ2v) is 7.73. The molecule has 2 aliphatic carbocycles. The van der Waals surface area contributed by atoms with Gasteiger partial charge in [-0.1, -0.05) is 19.3 Å². The average Bonchev–Trinajstić information content (AvgIpc) is 3.08. The Labute approximate surface area is 154 Å². The summed E-state index contributed by atoms with van der Waals surface area (Å²) < 4.78 is 0. The number of carboxylic acid groups (broad SMARTS) is 2. The molecule has 1 amide bonds. The van der Waals surface area contributed by atoms with Crippen molar-refractivity contribution in [1.29, 1.82) is 0 Å². The smallest absolute Gasteiger partial charge is 0.307 e. The van der Waals surface area contributed by atoms with Crippen molar-refractivity contribution in [2.45, 2.75) is 77.2 Å². The first-order chi connectivity index (χ1) is 12.4. The van der Waals surface area contributed by atoms with Gasteiger partial charge in [-0.3, -0.25) is 14.4 Å². The highest BCUT2D eigenvalue weighted by Crippen LogP contribution is 2.44. The van der Waals surface area contributed by atoms with Crippen molar-refractivity contribution in [2.24, 2.45) is 17.3 Å². The van der Waals surface area contributed by atoms with E-state index >= 15 is 0 Å². The fourth-order valence-electron chi connectivity index (χ4n) is 4.40. The molecule has 0 aromatic heterocycles. The van der Waals surface area contributed by atoms with Crippen LogP contribution in [0.2, 0.25) is 0 Å². The highest BCUT2D eigenvalue weighted by atomic mass is 16.4. The van der Waals surface area contributed by atoms with Crippen LogP contribution in [-0.4, -0.2) is 34.1 Å². The Kier molecular flexibility index (Phi) is 7.07. The maximum Gasteiger partial charge on any atom is 0.307 e. The van der Waals surface area contributed by atoms with Gasteiger partial charge in [0.15, 0.2) is 0 Å². The zero-order valence-electron chi connectivity index (χ0n) is 15.4. The van der Waals surface area contributed by atoms with Gasteiger partial charge in [0.2, 0.25) is 5.91 Å². The van der Waals surface area contributed by atoms with E-state index in [-0.39, 0.29) is 18.4 Å². The standard InChI is InChI=1S/C20H29NO5/c1-2-3-7-15(18(24)25)13-20(10-4-5-11-20)19(26)21-16-9-6-8-14(12-16)17(22)23/h14-16H,4-13H2,1H3,(H,21,26)(H,22,23)(H,24,25)/t14-,15?,16+/m1/s1. The van der Waals surface area contributed by atoms with E-state index in [0.29, 0.717) is 32.1 Å². The molecule has 0 saturated heterocycles. The van der Waals surface area contributed by atoms with Crippen LogP contribution in [0, 0.1) is 29.1 Å². The Morgan fingerprint density at radius 3 is 2.42 bits per heavy atom. The van der Waals surface area contributed by atoms with Gasteiger partial charge in [0.25, 0.3) is 0 Å². The van der Waals surface area contributed by atoms with Gasteiger partial charge in [-0.2, -0.15) is 0 Å². The van der Waals surface area contributed by atoms with Crippen LogP contribution in [0.5, 0.6) is 0 Å². The molecule has 0 aliphatic heterocycles. The van der Waals surface area contributed by atoms with Gasteiger partial charge < -0.3 is 15.5 Å². The number of carboxylic acids is 2. The molecule has 2 fully saturated rings. The molecule has 0 aromatic rings. The summed E-state index contributed by atoms with van der Waals surface area (Å²) in [6, 6.07) is -0.131. The predicted octanol–water partition coefficient (Wildman–Crippen LogP) is 2.81. The van der Waals surface area contributed by atoms with Crippen LogP contribution in [0.4, 0.5) is 0 Å². The predicted molar refractivity (Wildman–Crippen MR) is 96.2 cm³/mol. The van der Waals surface area contributed by atoms with Crippen molar-refractivity contribution in [3.05, 3.63) is 0 Å². The average molecular weight is 363 g/mol. The van der Waals surface area contributed by atoms with E-state index < -0.39 is 29.2 Å². The molecule has 0 radical (unpaired) electrons. The third-order valence-electron chi connectivity index (χ3n) is 5.91. The first-order valence-corrected chi connectivity index (χ1v) is 9.54. The molecule has 3 N–H and O–H groups in total. The molecular weight excluding hydrogens is 334 g/mol. The van der Waals surface area contributed by atoms with E-state index in [1.807, 2.05) is 0 Å². The minimum Gasteiger partial charge on any atom is -0.481 e. The molecule has 6 nitrogen and oxygen atoms in total. The van der Waals surface area contributed by atoms with Crippen molar-refractivity contribution >= 4 is 17.8 Å². The van der Waals surface area contributed by atoms with Crippen LogP contribution in [0.3, 0.4) is 0 Å². The zero-order chi connectivity index (χ0) is 19.2. The van der Waals surface area contributed by atoms with Gasteiger partial charge in [-0.05, 0) is 45.4 Å². The number of hydrogen-bond donors (Lipinski definition) is 3. The van der Waals surface area contributed by atoms with Gasteiger partial charge in [-0.25, -0.2) is 0 Å². The number of hydrogen-bond acceptors (Lipinski definition) is 3. The number of carbonyl (C=O) groups is 3. The van der Waals surface area contributed by atoms with E-state index in [4.69, 9.17) is 0 Å². The monoisotopic (exact) mass is 363 g/mol. The second kappa shape index (κ2) is 9.07. The zero-order valence-corrected chi connectivity index (χ0v) is 15.4. The van der Waals surface area contributed by atoms with E-state index in [2.05, 4.69) is 17.2 Å². The van der Waals surface area contributed by atoms with Crippen LogP contribution in [0.25, 0.3) is 0 Å². The molecule has 6 heteroatoms. The molecule has 0 spiro atoms. The van der Waals surface area contributed by atoms with Crippen molar-refractivity contribution in [3.8, 4) is 11.8 Å². The van der Waals surface area contributed by atoms with Crippen molar-refractivity contribution in [3.63, 3.8) is 0 Å². The third-order valence-corrected chi connectivity index (χ3v) is 5.91. The van der Waals surface area contributed by atoms with Gasteiger partial charge in [-0.15, -0.1) is 11.8 Å². The molecule has 0 aromatic carbocycles. The van der Waals surface area contributed by atoms with E-state index in [9.17, 15) is 24.6 Å². The first kappa shape index (κ1) is 20.3. The van der Waals surface area contributed by atoms with Gasteiger partial charge in [0, 0.05) is 12.5 Å². The lowest BCUT2D eigenvalue weighted by atomic mass is 9.75. The summed E-state index contributed by atoms with van der Waals surface area (Å²) >= 11 is 0. The SMILES string of the molecule is CC#CCC(CC1(C(=O)N[C@H]2CCC[C@@H](C(=O)O)C2)CCCC1)C(=O)O. The highest BCUT2D eigenvalue weighted by Gasteiger charge is 2.44. The van der Waals surface area contributed by atoms with Crippen LogP contribution in [0.15, 0.2) is 0 Å². The van der Waals surface area contributed by atoms with Crippen LogP contribution >= 0.6 is 0 Å². The summed E-state index contributed by atoms with van der Waals surface area (Å²) in [7, 11) is 0. The van der Waals surface area contributed by atoms with Crippen molar-refractivity contribution in [1.82, 2.24) is 5.32 Å². The second-order valence-electron chi connectivity index (χ2n) is 7.73. The molecule has 0 heterocycles. The Morgan fingerprint density at radius 2 is 1.85 bits per heavy atom. The maximum absolute atomic E-state index is 13.1. The highest BCUT2D eigenvalue weighted by molar-refractivity contribution is 5.84. The fraction of sp³-hybridized carbons (Fsp3) is 0.750. The topological polar surface area (TPSA) is 104 Å². The molecule has 26 heavy (non-hydrogen) atoms. The van der Waals surface area contributed by atoms with Gasteiger partial charge in [0.1, 0.15) is 0 Å². The quantitative estimate of drug-likeness (QED) is 0.604. The molecular formula is C20H29NO5. The van der Waals surface area contributed by atoms with Crippen molar-refractivity contribution in [2.75, 3.05) is 0 Å². The Morgan fingerprint density at radius 1 is 1.15 bits per heavy atom. The molecule has 2 rings (SSSR count). The molecule has 2 aliphatic rings. The molecule has 2 saturated carbocycles. The number of carbonyl (C=O) groups excluding carboxylic acids is 1. The Hall–Kier alpha value is -2.03. The molecule has 144 valence electrons. The van der Waals surface area contributed by atoms with Crippen LogP contribution in [-0.2, 0) is 14.4 Å². The number of rotatable bonds is 7. The number of nitrogens with one attached hydrogen (secondary N) is 1. The number of aliphatic carboxylic acids is 2. The summed E-state index contributed by atoms with van der Waals surface area (Å²) in [4.78, 5) is 35.9. The lowest BCUT2D eigenvalue weighted by Crippen LogP contribution is -2.47. The van der Waals surface area contributed by atoms with E-state index in [1.54, 1.807) is 6.92 Å². The lowest BCUT2D eigenvalue weighted by molar-refractivity contribution is -0.146. The van der Waals surface area contributed by atoms with E-state index in [0.717, 1.165) is 25.7 Å². The normalized spacial score (nSPS) is 25.6. The minimum absolute atomic E-state index is 0.0956. The van der Waals surface area contributed by atoms with Crippen molar-refractivity contribution < 1.29 is 24.6 Å². The van der Waals surface area contributed by atoms with Crippen LogP contribution in [0.1, 0.15) is 71.1 Å². The Balaban J connectivity index is 2.06. The Bertz CT molecular complexity index is 597. The summed E-state index contributed by atoms with van der Waals surface area (Å²) in [6.07, 6.45) is 6.47. The molecule has 1 unspecified atom stereocenters.